The van der Waals surface area contributed by atoms with Crippen molar-refractivity contribution in [3.05, 3.63) is 59.9 Å². The Morgan fingerprint density at radius 3 is 2.64 bits per heavy atom. The zero-order chi connectivity index (χ0) is 15.6. The zero-order valence-corrected chi connectivity index (χ0v) is 13.5. The molecule has 1 aromatic heterocycles. The van der Waals surface area contributed by atoms with Crippen LogP contribution >= 0.6 is 11.8 Å². The molecule has 0 fully saturated rings. The Balaban J connectivity index is 1.60. The van der Waals surface area contributed by atoms with Gasteiger partial charge < -0.3 is 10.6 Å². The number of amides is 1. The summed E-state index contributed by atoms with van der Waals surface area (Å²) in [6.45, 7) is 1.98. The molecule has 116 valence electrons. The van der Waals surface area contributed by atoms with E-state index in [4.69, 9.17) is 0 Å². The number of nitrogens with one attached hydrogen (secondary N) is 2. The molecule has 0 spiro atoms. The standard InChI is InChI=1S/C17H21N3OS/c1-22-16-6-4-14(5-7-16)11-19-10-8-17(21)20-13-15-3-2-9-18-12-15/h2-7,9,12,19H,8,10-11,13H2,1H3,(H,20,21). The second-order valence-corrected chi connectivity index (χ2v) is 5.79. The monoisotopic (exact) mass is 315 g/mol. The summed E-state index contributed by atoms with van der Waals surface area (Å²) in [6.07, 6.45) is 6.03. The summed E-state index contributed by atoms with van der Waals surface area (Å²) in [4.78, 5) is 17.0. The lowest BCUT2D eigenvalue weighted by molar-refractivity contribution is -0.121. The summed E-state index contributed by atoms with van der Waals surface area (Å²) in [7, 11) is 0. The Morgan fingerprint density at radius 2 is 1.95 bits per heavy atom. The van der Waals surface area contributed by atoms with Gasteiger partial charge in [-0.15, -0.1) is 11.8 Å². The molecule has 22 heavy (non-hydrogen) atoms. The topological polar surface area (TPSA) is 54.0 Å². The maximum atomic E-state index is 11.7. The molecule has 1 heterocycles. The predicted molar refractivity (Wildman–Crippen MR) is 90.6 cm³/mol. The van der Waals surface area contributed by atoms with Crippen LogP contribution in [0.3, 0.4) is 0 Å². The lowest BCUT2D eigenvalue weighted by atomic mass is 10.2. The number of aromatic nitrogens is 1. The molecule has 2 rings (SSSR count). The molecule has 0 atom stereocenters. The third-order valence-electron chi connectivity index (χ3n) is 3.23. The fourth-order valence-electron chi connectivity index (χ4n) is 1.97. The first-order valence-electron chi connectivity index (χ1n) is 7.27. The number of benzene rings is 1. The van der Waals surface area contributed by atoms with E-state index >= 15 is 0 Å². The van der Waals surface area contributed by atoms with Crippen molar-refractivity contribution in [1.82, 2.24) is 15.6 Å². The smallest absolute Gasteiger partial charge is 0.221 e. The van der Waals surface area contributed by atoms with Crippen LogP contribution in [0.15, 0.2) is 53.7 Å². The van der Waals surface area contributed by atoms with E-state index in [1.165, 1.54) is 10.5 Å². The van der Waals surface area contributed by atoms with Gasteiger partial charge in [0.15, 0.2) is 0 Å². The third-order valence-corrected chi connectivity index (χ3v) is 3.97. The molecule has 2 aromatic rings. The van der Waals surface area contributed by atoms with Crippen LogP contribution in [0, 0.1) is 0 Å². The van der Waals surface area contributed by atoms with Gasteiger partial charge in [0.25, 0.3) is 0 Å². The first kappa shape index (κ1) is 16.5. The minimum atomic E-state index is 0.0501. The Morgan fingerprint density at radius 1 is 1.14 bits per heavy atom. The molecule has 0 saturated carbocycles. The Bertz CT molecular complexity index is 572. The van der Waals surface area contributed by atoms with Gasteiger partial charge in [-0.3, -0.25) is 9.78 Å². The van der Waals surface area contributed by atoms with Crippen molar-refractivity contribution in [1.29, 1.82) is 0 Å². The Hall–Kier alpha value is -1.85. The first-order chi connectivity index (χ1) is 10.8. The van der Waals surface area contributed by atoms with Gasteiger partial charge in [0, 0.05) is 43.3 Å². The molecule has 0 aliphatic rings. The fourth-order valence-corrected chi connectivity index (χ4v) is 2.38. The number of nitrogens with zero attached hydrogens (tertiary/aromatic N) is 1. The van der Waals surface area contributed by atoms with Gasteiger partial charge in [0.05, 0.1) is 0 Å². The zero-order valence-electron chi connectivity index (χ0n) is 12.7. The number of thioether (sulfide) groups is 1. The van der Waals surface area contributed by atoms with Crippen LogP contribution in [-0.4, -0.2) is 23.7 Å². The summed E-state index contributed by atoms with van der Waals surface area (Å²) < 4.78 is 0. The van der Waals surface area contributed by atoms with Crippen LogP contribution in [-0.2, 0) is 17.9 Å². The maximum Gasteiger partial charge on any atom is 0.221 e. The highest BCUT2D eigenvalue weighted by molar-refractivity contribution is 7.98. The van der Waals surface area contributed by atoms with Crippen molar-refractivity contribution in [2.45, 2.75) is 24.4 Å². The molecule has 0 radical (unpaired) electrons. The predicted octanol–water partition coefficient (Wildman–Crippen LogP) is 2.60. The van der Waals surface area contributed by atoms with E-state index in [1.54, 1.807) is 24.2 Å². The average molecular weight is 315 g/mol. The SMILES string of the molecule is CSc1ccc(CNCCC(=O)NCc2cccnc2)cc1. The highest BCUT2D eigenvalue weighted by Gasteiger charge is 2.01. The van der Waals surface area contributed by atoms with Crippen LogP contribution in [0.1, 0.15) is 17.5 Å². The van der Waals surface area contributed by atoms with Crippen LogP contribution in [0.2, 0.25) is 0 Å². The molecule has 0 saturated heterocycles. The summed E-state index contributed by atoms with van der Waals surface area (Å²) in [5, 5.41) is 6.18. The largest absolute Gasteiger partial charge is 0.352 e. The molecule has 0 aliphatic heterocycles. The summed E-state index contributed by atoms with van der Waals surface area (Å²) >= 11 is 1.74. The van der Waals surface area contributed by atoms with Crippen LogP contribution in [0.5, 0.6) is 0 Å². The van der Waals surface area contributed by atoms with Gasteiger partial charge in [0.2, 0.25) is 5.91 Å². The summed E-state index contributed by atoms with van der Waals surface area (Å²) in [5.74, 6) is 0.0501. The first-order valence-corrected chi connectivity index (χ1v) is 8.49. The minimum absolute atomic E-state index is 0.0501. The second kappa shape index (κ2) is 9.23. The van der Waals surface area contributed by atoms with Crippen molar-refractivity contribution in [2.75, 3.05) is 12.8 Å². The molecule has 1 amide bonds. The highest BCUT2D eigenvalue weighted by Crippen LogP contribution is 2.14. The molecule has 1 aromatic carbocycles. The van der Waals surface area contributed by atoms with Crippen LogP contribution in [0.25, 0.3) is 0 Å². The summed E-state index contributed by atoms with van der Waals surface area (Å²) in [6, 6.07) is 12.3. The van der Waals surface area contributed by atoms with Crippen molar-refractivity contribution in [2.24, 2.45) is 0 Å². The molecular formula is C17H21N3OS. The van der Waals surface area contributed by atoms with Crippen molar-refractivity contribution in [3.8, 4) is 0 Å². The van der Waals surface area contributed by atoms with Gasteiger partial charge in [-0.25, -0.2) is 0 Å². The van der Waals surface area contributed by atoms with Gasteiger partial charge in [-0.2, -0.15) is 0 Å². The lowest BCUT2D eigenvalue weighted by Gasteiger charge is -2.07. The maximum absolute atomic E-state index is 11.7. The van der Waals surface area contributed by atoms with Gasteiger partial charge in [0.1, 0.15) is 0 Å². The van der Waals surface area contributed by atoms with Crippen molar-refractivity contribution < 1.29 is 4.79 Å². The minimum Gasteiger partial charge on any atom is -0.352 e. The van der Waals surface area contributed by atoms with Crippen molar-refractivity contribution >= 4 is 17.7 Å². The number of carbonyl (C=O) groups is 1. The molecule has 2 N–H and O–H groups in total. The van der Waals surface area contributed by atoms with Gasteiger partial charge >= 0.3 is 0 Å². The quantitative estimate of drug-likeness (QED) is 0.581. The molecule has 0 unspecified atom stereocenters. The van der Waals surface area contributed by atoms with E-state index in [0.717, 1.165) is 12.1 Å². The highest BCUT2D eigenvalue weighted by atomic mass is 32.2. The van der Waals surface area contributed by atoms with Crippen molar-refractivity contribution in [3.63, 3.8) is 0 Å². The van der Waals surface area contributed by atoms with E-state index in [1.807, 2.05) is 12.1 Å². The third kappa shape index (κ3) is 5.87. The molecule has 0 aliphatic carbocycles. The summed E-state index contributed by atoms with van der Waals surface area (Å²) in [5.41, 5.74) is 2.24. The van der Waals surface area contributed by atoms with Crippen LogP contribution < -0.4 is 10.6 Å². The van der Waals surface area contributed by atoms with E-state index in [9.17, 15) is 4.79 Å². The van der Waals surface area contributed by atoms with E-state index < -0.39 is 0 Å². The van der Waals surface area contributed by atoms with Gasteiger partial charge in [-0.1, -0.05) is 18.2 Å². The molecule has 0 bridgehead atoms. The number of pyridine rings is 1. The van der Waals surface area contributed by atoms with Gasteiger partial charge in [-0.05, 0) is 35.6 Å². The fraction of sp³-hybridized carbons (Fsp3) is 0.294. The average Bonchev–Trinajstić information content (AvgIpc) is 2.58. The number of hydrogen-bond acceptors (Lipinski definition) is 4. The number of hydrogen-bond donors (Lipinski definition) is 2. The van der Waals surface area contributed by atoms with E-state index in [0.29, 0.717) is 19.5 Å². The normalized spacial score (nSPS) is 10.4. The molecule has 4 nitrogen and oxygen atoms in total. The van der Waals surface area contributed by atoms with E-state index in [2.05, 4.69) is 46.1 Å². The van der Waals surface area contributed by atoms with Crippen LogP contribution in [0.4, 0.5) is 0 Å². The molecule has 5 heteroatoms. The van der Waals surface area contributed by atoms with E-state index in [-0.39, 0.29) is 5.91 Å². The number of carbonyl (C=O) groups excluding carboxylic acids is 1. The Labute approximate surface area is 135 Å². The second-order valence-electron chi connectivity index (χ2n) is 4.91. The Kier molecular flexibility index (Phi) is 6.93. The molecular weight excluding hydrogens is 294 g/mol. The number of rotatable bonds is 8. The lowest BCUT2D eigenvalue weighted by Crippen LogP contribution is -2.27.